The smallest absolute Gasteiger partial charge is 0.254 e. The van der Waals surface area contributed by atoms with E-state index in [2.05, 4.69) is 0 Å². The second-order valence-corrected chi connectivity index (χ2v) is 6.50. The molecule has 2 nitrogen and oxygen atoms in total. The van der Waals surface area contributed by atoms with Crippen LogP contribution < -0.4 is 0 Å². The van der Waals surface area contributed by atoms with Crippen LogP contribution in [0.5, 0.6) is 0 Å². The number of amides is 1. The summed E-state index contributed by atoms with van der Waals surface area (Å²) in [6, 6.07) is 16.3. The number of nitrogens with zero attached hydrogens (tertiary/aromatic N) is 1. The van der Waals surface area contributed by atoms with Gasteiger partial charge in [0.1, 0.15) is 5.82 Å². The molecule has 0 saturated heterocycles. The molecule has 1 aliphatic heterocycles. The van der Waals surface area contributed by atoms with Crippen LogP contribution in [0.3, 0.4) is 0 Å². The molecule has 0 spiro atoms. The van der Waals surface area contributed by atoms with E-state index in [1.807, 2.05) is 24.3 Å². The highest BCUT2D eigenvalue weighted by molar-refractivity contribution is 5.95. The van der Waals surface area contributed by atoms with Crippen LogP contribution in [0.15, 0.2) is 66.7 Å². The maximum absolute atomic E-state index is 14.6. The molecule has 1 heterocycles. The quantitative estimate of drug-likeness (QED) is 0.631. The van der Waals surface area contributed by atoms with Crippen LogP contribution in [-0.4, -0.2) is 17.4 Å². The first-order valence-corrected chi connectivity index (χ1v) is 8.64. The highest BCUT2D eigenvalue weighted by atomic mass is 19.2. The average Bonchev–Trinajstić information content (AvgIpc) is 2.69. The van der Waals surface area contributed by atoms with Crippen LogP contribution in [-0.2, 0) is 6.42 Å². The molecule has 3 aromatic rings. The fourth-order valence-electron chi connectivity index (χ4n) is 3.61. The second-order valence-electron chi connectivity index (χ2n) is 6.50. The standard InChI is InChI=1S/C22H16F3NO/c23-18-8-4-3-7-17(18)21-16-6-2-1-5-14(16)11-12-26(21)22(27)15-9-10-19(24)20(25)13-15/h1-10,13,21H,11-12H2/t21-/m1/s1. The number of benzene rings is 3. The number of carbonyl (C=O) groups is 1. The lowest BCUT2D eigenvalue weighted by molar-refractivity contribution is 0.0691. The predicted molar refractivity (Wildman–Crippen MR) is 95.8 cm³/mol. The van der Waals surface area contributed by atoms with Gasteiger partial charge < -0.3 is 4.90 Å². The van der Waals surface area contributed by atoms with Gasteiger partial charge in [0.05, 0.1) is 6.04 Å². The zero-order chi connectivity index (χ0) is 19.0. The first-order valence-electron chi connectivity index (χ1n) is 8.64. The van der Waals surface area contributed by atoms with E-state index < -0.39 is 29.4 Å². The Morgan fingerprint density at radius 2 is 1.52 bits per heavy atom. The molecule has 0 unspecified atom stereocenters. The maximum Gasteiger partial charge on any atom is 0.254 e. The highest BCUT2D eigenvalue weighted by Gasteiger charge is 2.34. The van der Waals surface area contributed by atoms with Crippen molar-refractivity contribution in [2.24, 2.45) is 0 Å². The van der Waals surface area contributed by atoms with Crippen LogP contribution >= 0.6 is 0 Å². The minimum Gasteiger partial charge on any atom is -0.327 e. The molecule has 0 aromatic heterocycles. The lowest BCUT2D eigenvalue weighted by Gasteiger charge is -2.38. The lowest BCUT2D eigenvalue weighted by atomic mass is 9.87. The molecule has 4 rings (SSSR count). The molecule has 27 heavy (non-hydrogen) atoms. The summed E-state index contributed by atoms with van der Waals surface area (Å²) in [6.07, 6.45) is 0.608. The molecule has 5 heteroatoms. The minimum absolute atomic E-state index is 0.0367. The van der Waals surface area contributed by atoms with E-state index in [4.69, 9.17) is 0 Å². The third-order valence-corrected chi connectivity index (χ3v) is 4.91. The van der Waals surface area contributed by atoms with Crippen LogP contribution in [0.1, 0.15) is 33.1 Å². The number of fused-ring (bicyclic) bond motifs is 1. The molecule has 0 saturated carbocycles. The van der Waals surface area contributed by atoms with Gasteiger partial charge in [-0.2, -0.15) is 0 Å². The Kier molecular flexibility index (Phi) is 4.44. The fraction of sp³-hybridized carbons (Fsp3) is 0.136. The summed E-state index contributed by atoms with van der Waals surface area (Å²) in [6.45, 7) is 0.355. The van der Waals surface area contributed by atoms with Gasteiger partial charge in [-0.3, -0.25) is 4.79 Å². The summed E-state index contributed by atoms with van der Waals surface area (Å²) in [7, 11) is 0. The Labute approximate surface area is 154 Å². The summed E-state index contributed by atoms with van der Waals surface area (Å²) in [5.74, 6) is -2.97. The second kappa shape index (κ2) is 6.91. The van der Waals surface area contributed by atoms with E-state index in [0.29, 0.717) is 18.5 Å². The Morgan fingerprint density at radius 3 is 2.26 bits per heavy atom. The molecular weight excluding hydrogens is 351 g/mol. The summed E-state index contributed by atoms with van der Waals surface area (Å²) < 4.78 is 41.4. The van der Waals surface area contributed by atoms with Crippen LogP contribution in [0, 0.1) is 17.5 Å². The monoisotopic (exact) mass is 367 g/mol. The van der Waals surface area contributed by atoms with Gasteiger partial charge in [0, 0.05) is 17.7 Å². The van der Waals surface area contributed by atoms with Crippen molar-refractivity contribution in [1.29, 1.82) is 0 Å². The first-order chi connectivity index (χ1) is 13.1. The Bertz CT molecular complexity index is 1020. The van der Waals surface area contributed by atoms with Gasteiger partial charge in [-0.1, -0.05) is 42.5 Å². The van der Waals surface area contributed by atoms with Crippen molar-refractivity contribution in [1.82, 2.24) is 4.90 Å². The SMILES string of the molecule is O=C(c1ccc(F)c(F)c1)N1CCc2ccccc2[C@@H]1c1ccccc1F. The Morgan fingerprint density at radius 1 is 0.815 bits per heavy atom. The molecule has 0 aliphatic carbocycles. The molecule has 1 amide bonds. The molecule has 0 bridgehead atoms. The van der Waals surface area contributed by atoms with Crippen LogP contribution in [0.25, 0.3) is 0 Å². The van der Waals surface area contributed by atoms with Crippen LogP contribution in [0.4, 0.5) is 13.2 Å². The molecule has 0 fully saturated rings. The van der Waals surface area contributed by atoms with E-state index >= 15 is 0 Å². The van der Waals surface area contributed by atoms with Crippen molar-refractivity contribution in [2.45, 2.75) is 12.5 Å². The van der Waals surface area contributed by atoms with E-state index in [1.54, 1.807) is 18.2 Å². The van der Waals surface area contributed by atoms with Crippen molar-refractivity contribution >= 4 is 5.91 Å². The van der Waals surface area contributed by atoms with Gasteiger partial charge in [0.25, 0.3) is 5.91 Å². The van der Waals surface area contributed by atoms with Crippen molar-refractivity contribution in [3.63, 3.8) is 0 Å². The number of halogens is 3. The first kappa shape index (κ1) is 17.3. The molecule has 3 aromatic carbocycles. The van der Waals surface area contributed by atoms with Crippen LogP contribution in [0.2, 0.25) is 0 Å². The van der Waals surface area contributed by atoms with Gasteiger partial charge in [-0.25, -0.2) is 13.2 Å². The van der Waals surface area contributed by atoms with E-state index in [9.17, 15) is 18.0 Å². The van der Waals surface area contributed by atoms with Crippen molar-refractivity contribution < 1.29 is 18.0 Å². The zero-order valence-corrected chi connectivity index (χ0v) is 14.3. The van der Waals surface area contributed by atoms with Gasteiger partial charge >= 0.3 is 0 Å². The summed E-state index contributed by atoms with van der Waals surface area (Å²) in [4.78, 5) is 14.6. The normalized spacial score (nSPS) is 16.1. The van der Waals surface area contributed by atoms with Gasteiger partial charge in [-0.15, -0.1) is 0 Å². The van der Waals surface area contributed by atoms with Gasteiger partial charge in [0.15, 0.2) is 11.6 Å². The van der Waals surface area contributed by atoms with Crippen molar-refractivity contribution in [3.8, 4) is 0 Å². The van der Waals surface area contributed by atoms with E-state index in [-0.39, 0.29) is 5.56 Å². The zero-order valence-electron chi connectivity index (χ0n) is 14.3. The molecule has 0 N–H and O–H groups in total. The summed E-state index contributed by atoms with van der Waals surface area (Å²) >= 11 is 0. The third-order valence-electron chi connectivity index (χ3n) is 4.91. The summed E-state index contributed by atoms with van der Waals surface area (Å²) in [5, 5.41) is 0. The molecule has 1 aliphatic rings. The number of rotatable bonds is 2. The van der Waals surface area contributed by atoms with E-state index in [0.717, 1.165) is 23.3 Å². The molecule has 1 atom stereocenters. The fourth-order valence-corrected chi connectivity index (χ4v) is 3.61. The number of carbonyl (C=O) groups excluding carboxylic acids is 1. The predicted octanol–water partition coefficient (Wildman–Crippen LogP) is 4.89. The molecule has 0 radical (unpaired) electrons. The Hall–Kier alpha value is -3.08. The van der Waals surface area contributed by atoms with Crippen molar-refractivity contribution in [3.05, 3.63) is 106 Å². The molecular formula is C22H16F3NO. The number of hydrogen-bond acceptors (Lipinski definition) is 1. The highest BCUT2D eigenvalue weighted by Crippen LogP contribution is 2.37. The average molecular weight is 367 g/mol. The Balaban J connectivity index is 1.82. The number of hydrogen-bond donors (Lipinski definition) is 0. The van der Waals surface area contributed by atoms with Gasteiger partial charge in [0.2, 0.25) is 0 Å². The largest absolute Gasteiger partial charge is 0.327 e. The van der Waals surface area contributed by atoms with Gasteiger partial charge in [-0.05, 0) is 41.8 Å². The molecule has 136 valence electrons. The lowest BCUT2D eigenvalue weighted by Crippen LogP contribution is -2.41. The summed E-state index contributed by atoms with van der Waals surface area (Å²) in [5.41, 5.74) is 2.29. The van der Waals surface area contributed by atoms with E-state index in [1.165, 1.54) is 17.0 Å². The minimum atomic E-state index is -1.08. The topological polar surface area (TPSA) is 20.3 Å². The maximum atomic E-state index is 14.6. The van der Waals surface area contributed by atoms with Crippen molar-refractivity contribution in [2.75, 3.05) is 6.54 Å². The third kappa shape index (κ3) is 3.10.